The zero-order valence-electron chi connectivity index (χ0n) is 8.42. The number of pyridine rings is 1. The highest BCUT2D eigenvalue weighted by molar-refractivity contribution is 9.10. The number of rotatable bonds is 2. The molecule has 80 valence electrons. The fourth-order valence-corrected chi connectivity index (χ4v) is 2.65. The van der Waals surface area contributed by atoms with Gasteiger partial charge >= 0.3 is 0 Å². The van der Waals surface area contributed by atoms with Crippen LogP contribution in [0.4, 0.5) is 0 Å². The van der Waals surface area contributed by atoms with Crippen LogP contribution in [0.5, 0.6) is 0 Å². The van der Waals surface area contributed by atoms with Crippen molar-refractivity contribution in [3.8, 4) is 0 Å². The molecule has 0 amide bonds. The van der Waals surface area contributed by atoms with E-state index in [1.165, 1.54) is 24.0 Å². The minimum absolute atomic E-state index is 0.230. The predicted octanol–water partition coefficient (Wildman–Crippen LogP) is 4.10. The van der Waals surface area contributed by atoms with Crippen LogP contribution in [0.3, 0.4) is 0 Å². The predicted molar refractivity (Wildman–Crippen MR) is 67.2 cm³/mol. The van der Waals surface area contributed by atoms with Crippen LogP contribution in [0, 0.1) is 0 Å². The van der Waals surface area contributed by atoms with Crippen molar-refractivity contribution in [2.45, 2.75) is 31.1 Å². The van der Waals surface area contributed by atoms with Crippen LogP contribution in [-0.2, 0) is 6.42 Å². The van der Waals surface area contributed by atoms with Gasteiger partial charge in [-0.25, -0.2) is 0 Å². The van der Waals surface area contributed by atoms with E-state index in [9.17, 15) is 0 Å². The van der Waals surface area contributed by atoms with E-state index in [1.54, 1.807) is 0 Å². The normalized spacial score (nSPS) is 21.2. The van der Waals surface area contributed by atoms with Crippen LogP contribution in [0.2, 0.25) is 0 Å². The fraction of sp³-hybridized carbons (Fsp3) is 0.417. The van der Waals surface area contributed by atoms with Crippen molar-refractivity contribution < 1.29 is 0 Å². The van der Waals surface area contributed by atoms with E-state index in [2.05, 4.69) is 33.1 Å². The molecule has 15 heavy (non-hydrogen) atoms. The van der Waals surface area contributed by atoms with Crippen LogP contribution in [-0.4, -0.2) is 10.4 Å². The van der Waals surface area contributed by atoms with Gasteiger partial charge in [0.05, 0.1) is 5.38 Å². The summed E-state index contributed by atoms with van der Waals surface area (Å²) < 4.78 is 1.04. The van der Waals surface area contributed by atoms with Gasteiger partial charge in [-0.15, -0.1) is 11.6 Å². The molecule has 0 bridgehead atoms. The third-order valence-electron chi connectivity index (χ3n) is 2.59. The highest BCUT2D eigenvalue weighted by atomic mass is 79.9. The Kier molecular flexibility index (Phi) is 3.81. The Labute approximate surface area is 104 Å². The Morgan fingerprint density at radius 3 is 3.07 bits per heavy atom. The first-order valence-electron chi connectivity index (χ1n) is 5.17. The monoisotopic (exact) mass is 285 g/mol. The Bertz CT molecular complexity index is 376. The summed E-state index contributed by atoms with van der Waals surface area (Å²) in [7, 11) is 0. The van der Waals surface area contributed by atoms with Gasteiger partial charge in [-0.3, -0.25) is 4.98 Å². The largest absolute Gasteiger partial charge is 0.263 e. The molecule has 1 unspecified atom stereocenters. The average molecular weight is 287 g/mol. The first-order chi connectivity index (χ1) is 7.24. The molecule has 0 aliphatic heterocycles. The Morgan fingerprint density at radius 1 is 1.47 bits per heavy atom. The molecular weight excluding hydrogens is 273 g/mol. The summed E-state index contributed by atoms with van der Waals surface area (Å²) in [5.74, 6) is 0. The second-order valence-electron chi connectivity index (χ2n) is 3.92. The van der Waals surface area contributed by atoms with Gasteiger partial charge in [0.15, 0.2) is 0 Å². The van der Waals surface area contributed by atoms with Crippen molar-refractivity contribution in [2.75, 3.05) is 0 Å². The van der Waals surface area contributed by atoms with Gasteiger partial charge in [0.2, 0.25) is 0 Å². The Balaban J connectivity index is 2.08. The second-order valence-corrected chi connectivity index (χ2v) is 5.40. The lowest BCUT2D eigenvalue weighted by atomic mass is 9.94. The van der Waals surface area contributed by atoms with Gasteiger partial charge in [0, 0.05) is 16.9 Å². The minimum Gasteiger partial charge on any atom is -0.263 e. The van der Waals surface area contributed by atoms with Gasteiger partial charge in [-0.05, 0) is 53.2 Å². The van der Waals surface area contributed by atoms with Gasteiger partial charge in [-0.2, -0.15) is 0 Å². The van der Waals surface area contributed by atoms with Crippen molar-refractivity contribution >= 4 is 27.5 Å². The second kappa shape index (κ2) is 5.13. The van der Waals surface area contributed by atoms with Crippen LogP contribution in [0.25, 0.3) is 0 Å². The van der Waals surface area contributed by atoms with Gasteiger partial charge in [0.1, 0.15) is 0 Å². The Hall–Kier alpha value is -0.340. The van der Waals surface area contributed by atoms with E-state index in [1.807, 2.05) is 12.4 Å². The maximum atomic E-state index is 6.11. The van der Waals surface area contributed by atoms with E-state index in [0.29, 0.717) is 0 Å². The molecule has 3 heteroatoms. The van der Waals surface area contributed by atoms with Crippen molar-refractivity contribution in [1.29, 1.82) is 0 Å². The highest BCUT2D eigenvalue weighted by Crippen LogP contribution is 2.24. The summed E-state index contributed by atoms with van der Waals surface area (Å²) in [6, 6.07) is 2.12. The molecule has 0 aromatic carbocycles. The zero-order valence-corrected chi connectivity index (χ0v) is 10.8. The van der Waals surface area contributed by atoms with Crippen molar-refractivity contribution in [3.05, 3.63) is 40.1 Å². The molecule has 1 atom stereocenters. The first-order valence-corrected chi connectivity index (χ1v) is 6.40. The number of alkyl halides is 1. The first kappa shape index (κ1) is 11.2. The molecule has 1 aliphatic carbocycles. The topological polar surface area (TPSA) is 12.9 Å². The van der Waals surface area contributed by atoms with E-state index in [0.717, 1.165) is 17.3 Å². The lowest BCUT2D eigenvalue weighted by Crippen LogP contribution is -2.05. The Morgan fingerprint density at radius 2 is 2.33 bits per heavy atom. The van der Waals surface area contributed by atoms with Gasteiger partial charge in [0.25, 0.3) is 0 Å². The number of allylic oxidation sites excluding steroid dienone is 2. The highest BCUT2D eigenvalue weighted by Gasteiger charge is 2.11. The van der Waals surface area contributed by atoms with E-state index < -0.39 is 0 Å². The smallest absolute Gasteiger partial charge is 0.0518 e. The van der Waals surface area contributed by atoms with E-state index >= 15 is 0 Å². The molecular formula is C12H13BrClN. The molecule has 1 heterocycles. The van der Waals surface area contributed by atoms with Crippen LogP contribution in [0.1, 0.15) is 24.8 Å². The number of nitrogens with zero attached hydrogens (tertiary/aromatic N) is 1. The fourth-order valence-electron chi connectivity index (χ4n) is 1.91. The third kappa shape index (κ3) is 3.32. The SMILES string of the molecule is ClC1C=C(Cc2cncc(Br)c2)CCC1. The summed E-state index contributed by atoms with van der Waals surface area (Å²) in [5, 5.41) is 0.230. The maximum Gasteiger partial charge on any atom is 0.0518 e. The van der Waals surface area contributed by atoms with Crippen LogP contribution in [0.15, 0.2) is 34.6 Å². The molecule has 1 aromatic heterocycles. The minimum atomic E-state index is 0.230. The molecule has 0 spiro atoms. The molecule has 0 fully saturated rings. The van der Waals surface area contributed by atoms with Crippen molar-refractivity contribution in [2.24, 2.45) is 0 Å². The number of halogens is 2. The molecule has 2 rings (SSSR count). The maximum absolute atomic E-state index is 6.11. The molecule has 1 aromatic rings. The van der Waals surface area contributed by atoms with E-state index in [4.69, 9.17) is 11.6 Å². The van der Waals surface area contributed by atoms with Crippen LogP contribution < -0.4 is 0 Å². The third-order valence-corrected chi connectivity index (χ3v) is 3.36. The van der Waals surface area contributed by atoms with Crippen molar-refractivity contribution in [3.63, 3.8) is 0 Å². The summed E-state index contributed by atoms with van der Waals surface area (Å²) in [6.45, 7) is 0. The molecule has 1 nitrogen and oxygen atoms in total. The number of hydrogen-bond donors (Lipinski definition) is 0. The summed E-state index contributed by atoms with van der Waals surface area (Å²) in [5.41, 5.74) is 2.70. The van der Waals surface area contributed by atoms with Crippen LogP contribution >= 0.6 is 27.5 Å². The number of aromatic nitrogens is 1. The van der Waals surface area contributed by atoms with Gasteiger partial charge in [-0.1, -0.05) is 11.6 Å². The molecule has 0 N–H and O–H groups in total. The van der Waals surface area contributed by atoms with Crippen molar-refractivity contribution in [1.82, 2.24) is 4.98 Å². The zero-order chi connectivity index (χ0) is 10.7. The molecule has 0 saturated heterocycles. The van der Waals surface area contributed by atoms with Gasteiger partial charge < -0.3 is 0 Å². The number of hydrogen-bond acceptors (Lipinski definition) is 1. The lowest BCUT2D eigenvalue weighted by Gasteiger charge is -2.16. The summed E-state index contributed by atoms with van der Waals surface area (Å²) in [4.78, 5) is 4.16. The molecule has 0 radical (unpaired) electrons. The quantitative estimate of drug-likeness (QED) is 0.589. The molecule has 1 aliphatic rings. The standard InChI is InChI=1S/C12H13BrClN/c13-11-5-10(7-15-8-11)4-9-2-1-3-12(14)6-9/h5-8,12H,1-4H2. The average Bonchev–Trinajstić information content (AvgIpc) is 2.17. The molecule has 0 saturated carbocycles. The summed E-state index contributed by atoms with van der Waals surface area (Å²) >= 11 is 9.54. The van der Waals surface area contributed by atoms with E-state index in [-0.39, 0.29) is 5.38 Å². The summed E-state index contributed by atoms with van der Waals surface area (Å²) in [6.07, 6.45) is 10.4. The lowest BCUT2D eigenvalue weighted by molar-refractivity contribution is 0.693.